The normalized spacial score (nSPS) is 16.2. The van der Waals surface area contributed by atoms with Gasteiger partial charge in [-0.2, -0.15) is 0 Å². The summed E-state index contributed by atoms with van der Waals surface area (Å²) in [6, 6.07) is 10.1. The molecule has 1 aliphatic rings. The Hall–Kier alpha value is -2.56. The topological polar surface area (TPSA) is 54.5 Å². The molecule has 1 saturated heterocycles. The molecule has 1 atom stereocenters. The van der Waals surface area contributed by atoms with Crippen molar-refractivity contribution in [2.45, 2.75) is 45.8 Å². The Bertz CT molecular complexity index is 740. The maximum atomic E-state index is 12.6. The molecule has 2 amide bonds. The number of benzene rings is 1. The molecule has 5 nitrogen and oxygen atoms in total. The van der Waals surface area contributed by atoms with Crippen molar-refractivity contribution >= 4 is 6.03 Å². The maximum absolute atomic E-state index is 12.6. The number of nitrogens with zero attached hydrogens (tertiary/aromatic N) is 2. The van der Waals surface area contributed by atoms with E-state index in [2.05, 4.69) is 42.3 Å². The van der Waals surface area contributed by atoms with E-state index in [0.717, 1.165) is 18.6 Å². The second-order valence-corrected chi connectivity index (χ2v) is 7.02. The van der Waals surface area contributed by atoms with E-state index in [-0.39, 0.29) is 18.2 Å². The third-order valence-electron chi connectivity index (χ3n) is 4.91. The number of rotatable bonds is 4. The van der Waals surface area contributed by atoms with E-state index in [9.17, 15) is 4.79 Å². The smallest absolute Gasteiger partial charge is 0.317 e. The lowest BCUT2D eigenvalue weighted by Gasteiger charge is -2.33. The van der Waals surface area contributed by atoms with E-state index >= 15 is 0 Å². The van der Waals surface area contributed by atoms with E-state index in [0.29, 0.717) is 13.1 Å². The molecule has 1 aromatic carbocycles. The van der Waals surface area contributed by atoms with Crippen molar-refractivity contribution in [3.8, 4) is 5.75 Å². The molecule has 1 N–H and O–H groups in total. The van der Waals surface area contributed by atoms with Crippen LogP contribution in [0.4, 0.5) is 4.79 Å². The quantitative estimate of drug-likeness (QED) is 0.903. The molecule has 3 rings (SSSR count). The Labute approximate surface area is 155 Å². The first-order chi connectivity index (χ1) is 12.5. The zero-order chi connectivity index (χ0) is 18.5. The molecule has 5 heteroatoms. The van der Waals surface area contributed by atoms with Crippen molar-refractivity contribution in [1.29, 1.82) is 0 Å². The van der Waals surface area contributed by atoms with Gasteiger partial charge in [0.25, 0.3) is 0 Å². The lowest BCUT2D eigenvalue weighted by Crippen LogP contribution is -2.47. The lowest BCUT2D eigenvalue weighted by molar-refractivity contribution is 0.110. The minimum absolute atomic E-state index is 0.000152. The van der Waals surface area contributed by atoms with E-state index in [1.165, 1.54) is 16.7 Å². The van der Waals surface area contributed by atoms with Gasteiger partial charge in [-0.1, -0.05) is 23.8 Å². The van der Waals surface area contributed by atoms with Crippen LogP contribution in [0.5, 0.6) is 5.75 Å². The number of nitrogens with one attached hydrogen (secondary N) is 1. The molecule has 1 aliphatic heterocycles. The summed E-state index contributed by atoms with van der Waals surface area (Å²) >= 11 is 0. The summed E-state index contributed by atoms with van der Waals surface area (Å²) in [5, 5.41) is 3.13. The number of ether oxygens (including phenoxy) is 1. The van der Waals surface area contributed by atoms with Gasteiger partial charge < -0.3 is 15.0 Å². The van der Waals surface area contributed by atoms with Crippen LogP contribution >= 0.6 is 0 Å². The fourth-order valence-electron chi connectivity index (χ4n) is 3.45. The summed E-state index contributed by atoms with van der Waals surface area (Å²) in [6.07, 6.45) is 5.29. The molecular weight excluding hydrogens is 326 g/mol. The van der Waals surface area contributed by atoms with Crippen LogP contribution in [0.15, 0.2) is 42.7 Å². The summed E-state index contributed by atoms with van der Waals surface area (Å²) in [7, 11) is 0. The number of likely N-dealkylation sites (tertiary alicyclic amines) is 1. The number of urea groups is 1. The average Bonchev–Trinajstić information content (AvgIpc) is 2.63. The standard InChI is InChI=1S/C21H27N3O2/c1-15-4-5-20(16(2)14-15)17(3)23-21(25)24-12-8-19(9-13-24)26-18-6-10-22-11-7-18/h4-7,10-11,14,17,19H,8-9,12-13H2,1-3H3,(H,23,25)/t17-/m1/s1. The number of piperidine rings is 1. The molecule has 0 spiro atoms. The predicted octanol–water partition coefficient (Wildman–Crippen LogP) is 4.01. The van der Waals surface area contributed by atoms with Crippen molar-refractivity contribution in [2.75, 3.05) is 13.1 Å². The average molecular weight is 353 g/mol. The molecule has 2 heterocycles. The van der Waals surface area contributed by atoms with Crippen LogP contribution in [0.25, 0.3) is 0 Å². The second kappa shape index (κ2) is 8.21. The van der Waals surface area contributed by atoms with Crippen LogP contribution in [0.3, 0.4) is 0 Å². The third kappa shape index (κ3) is 4.54. The highest BCUT2D eigenvalue weighted by Gasteiger charge is 2.25. The molecule has 0 radical (unpaired) electrons. The molecule has 1 aromatic heterocycles. The first-order valence-corrected chi connectivity index (χ1v) is 9.22. The van der Waals surface area contributed by atoms with Gasteiger partial charge in [0.05, 0.1) is 6.04 Å². The molecule has 0 aliphatic carbocycles. The molecule has 26 heavy (non-hydrogen) atoms. The molecule has 0 unspecified atom stereocenters. The molecule has 2 aromatic rings. The van der Waals surface area contributed by atoms with Gasteiger partial charge in [-0.3, -0.25) is 4.98 Å². The third-order valence-corrected chi connectivity index (χ3v) is 4.91. The highest BCUT2D eigenvalue weighted by Crippen LogP contribution is 2.21. The highest BCUT2D eigenvalue weighted by atomic mass is 16.5. The van der Waals surface area contributed by atoms with Gasteiger partial charge in [0.15, 0.2) is 0 Å². The van der Waals surface area contributed by atoms with E-state index in [4.69, 9.17) is 4.74 Å². The molecule has 138 valence electrons. The fourth-order valence-corrected chi connectivity index (χ4v) is 3.45. The van der Waals surface area contributed by atoms with Crippen LogP contribution in [0.2, 0.25) is 0 Å². The Morgan fingerprint density at radius 2 is 1.88 bits per heavy atom. The first-order valence-electron chi connectivity index (χ1n) is 9.22. The minimum Gasteiger partial charge on any atom is -0.490 e. The number of carbonyl (C=O) groups excluding carboxylic acids is 1. The van der Waals surface area contributed by atoms with Crippen molar-refractivity contribution in [1.82, 2.24) is 15.2 Å². The van der Waals surface area contributed by atoms with Crippen LogP contribution in [-0.4, -0.2) is 35.1 Å². The fraction of sp³-hybridized carbons (Fsp3) is 0.429. The van der Waals surface area contributed by atoms with Gasteiger partial charge in [-0.05, 0) is 44.0 Å². The zero-order valence-electron chi connectivity index (χ0n) is 15.7. The monoisotopic (exact) mass is 353 g/mol. The Morgan fingerprint density at radius 3 is 2.54 bits per heavy atom. The highest BCUT2D eigenvalue weighted by molar-refractivity contribution is 5.74. The summed E-state index contributed by atoms with van der Waals surface area (Å²) < 4.78 is 5.96. The number of hydrogen-bond donors (Lipinski definition) is 1. The number of carbonyl (C=O) groups is 1. The first kappa shape index (κ1) is 18.2. The van der Waals surface area contributed by atoms with Crippen molar-refractivity contribution in [2.24, 2.45) is 0 Å². The van der Waals surface area contributed by atoms with E-state index in [1.807, 2.05) is 24.0 Å². The summed E-state index contributed by atoms with van der Waals surface area (Å²) in [5.41, 5.74) is 3.61. The number of aromatic nitrogens is 1. The van der Waals surface area contributed by atoms with Gasteiger partial charge in [-0.15, -0.1) is 0 Å². The van der Waals surface area contributed by atoms with Crippen molar-refractivity contribution in [3.05, 3.63) is 59.4 Å². The van der Waals surface area contributed by atoms with Gasteiger partial charge in [-0.25, -0.2) is 4.79 Å². The lowest BCUT2D eigenvalue weighted by atomic mass is 10.0. The second-order valence-electron chi connectivity index (χ2n) is 7.02. The van der Waals surface area contributed by atoms with Crippen LogP contribution in [-0.2, 0) is 0 Å². The largest absolute Gasteiger partial charge is 0.490 e. The molecular formula is C21H27N3O2. The number of amides is 2. The molecule has 0 bridgehead atoms. The maximum Gasteiger partial charge on any atom is 0.317 e. The minimum atomic E-state index is -0.00566. The predicted molar refractivity (Wildman–Crippen MR) is 102 cm³/mol. The van der Waals surface area contributed by atoms with Crippen LogP contribution in [0, 0.1) is 13.8 Å². The SMILES string of the molecule is Cc1ccc([C@@H](C)NC(=O)N2CCC(Oc3ccncc3)CC2)c(C)c1. The number of pyridine rings is 1. The summed E-state index contributed by atoms with van der Waals surface area (Å²) in [6.45, 7) is 7.63. The van der Waals surface area contributed by atoms with Crippen molar-refractivity contribution in [3.63, 3.8) is 0 Å². The molecule has 1 fully saturated rings. The molecule has 0 saturated carbocycles. The Balaban J connectivity index is 1.50. The Morgan fingerprint density at radius 1 is 1.19 bits per heavy atom. The van der Waals surface area contributed by atoms with E-state index < -0.39 is 0 Å². The van der Waals surface area contributed by atoms with Gasteiger partial charge >= 0.3 is 6.03 Å². The van der Waals surface area contributed by atoms with Crippen LogP contribution < -0.4 is 10.1 Å². The Kier molecular flexibility index (Phi) is 5.76. The van der Waals surface area contributed by atoms with Gasteiger partial charge in [0.2, 0.25) is 0 Å². The van der Waals surface area contributed by atoms with Gasteiger partial charge in [0, 0.05) is 38.3 Å². The zero-order valence-corrected chi connectivity index (χ0v) is 15.7. The summed E-state index contributed by atoms with van der Waals surface area (Å²) in [4.78, 5) is 18.5. The number of hydrogen-bond acceptors (Lipinski definition) is 3. The van der Waals surface area contributed by atoms with Crippen LogP contribution in [0.1, 0.15) is 42.5 Å². The van der Waals surface area contributed by atoms with Gasteiger partial charge in [0.1, 0.15) is 11.9 Å². The van der Waals surface area contributed by atoms with Crippen molar-refractivity contribution < 1.29 is 9.53 Å². The number of aryl methyl sites for hydroxylation is 2. The van der Waals surface area contributed by atoms with E-state index in [1.54, 1.807) is 12.4 Å². The summed E-state index contributed by atoms with van der Waals surface area (Å²) in [5.74, 6) is 0.839.